The highest BCUT2D eigenvalue weighted by Crippen LogP contribution is 2.32. The molecule has 21 heavy (non-hydrogen) atoms. The number of nitrogens with two attached hydrogens (primary N) is 1. The second-order valence-corrected chi connectivity index (χ2v) is 4.72. The molecule has 0 spiro atoms. The van der Waals surface area contributed by atoms with E-state index in [0.717, 1.165) is 5.56 Å². The lowest BCUT2D eigenvalue weighted by Gasteiger charge is -2.16. The second-order valence-electron chi connectivity index (χ2n) is 4.33. The Morgan fingerprint density at radius 3 is 2.67 bits per heavy atom. The maximum absolute atomic E-state index is 11.8. The number of aromatic amines is 1. The molecule has 7 heteroatoms. The van der Waals surface area contributed by atoms with Crippen LogP contribution < -0.4 is 20.8 Å². The molecule has 0 atom stereocenters. The number of ether oxygens (including phenoxy) is 2. The molecule has 0 bridgehead atoms. The van der Waals surface area contributed by atoms with Crippen molar-refractivity contribution in [2.75, 3.05) is 20.8 Å². The van der Waals surface area contributed by atoms with Crippen molar-refractivity contribution in [1.82, 2.24) is 9.55 Å². The Labute approximate surface area is 127 Å². The molecular weight excluding hydrogens is 290 g/mol. The summed E-state index contributed by atoms with van der Waals surface area (Å²) in [5.74, 6) is 1.29. The summed E-state index contributed by atoms with van der Waals surface area (Å²) < 4.78 is 12.7. The Morgan fingerprint density at radius 1 is 1.29 bits per heavy atom. The highest BCUT2D eigenvalue weighted by Gasteiger charge is 2.13. The van der Waals surface area contributed by atoms with Crippen LogP contribution in [0.2, 0.25) is 0 Å². The van der Waals surface area contributed by atoms with Crippen LogP contribution in [-0.2, 0) is 6.54 Å². The first-order valence-electron chi connectivity index (χ1n) is 6.37. The van der Waals surface area contributed by atoms with Crippen molar-refractivity contribution in [2.45, 2.75) is 6.54 Å². The first-order chi connectivity index (χ1) is 10.1. The quantitative estimate of drug-likeness (QED) is 0.819. The van der Waals surface area contributed by atoms with Gasteiger partial charge in [-0.15, -0.1) is 0 Å². The number of H-pyrrole nitrogens is 1. The summed E-state index contributed by atoms with van der Waals surface area (Å²) in [5.41, 5.74) is 6.72. The van der Waals surface area contributed by atoms with Gasteiger partial charge < -0.3 is 19.8 Å². The first kappa shape index (κ1) is 15.3. The minimum absolute atomic E-state index is 0.270. The third-order valence-corrected chi connectivity index (χ3v) is 3.39. The van der Waals surface area contributed by atoms with E-state index in [1.54, 1.807) is 37.0 Å². The Hall–Kier alpha value is -2.12. The Kier molecular flexibility index (Phi) is 4.77. The smallest absolute Gasteiger partial charge is 0.252 e. The lowest BCUT2D eigenvalue weighted by Crippen LogP contribution is -2.19. The molecule has 2 rings (SSSR count). The van der Waals surface area contributed by atoms with Gasteiger partial charge in [-0.05, 0) is 30.4 Å². The zero-order valence-electron chi connectivity index (χ0n) is 11.9. The molecule has 6 nitrogen and oxygen atoms in total. The molecule has 0 aliphatic heterocycles. The number of hydrogen-bond acceptors (Lipinski definition) is 5. The van der Waals surface area contributed by atoms with Gasteiger partial charge in [-0.2, -0.15) is 0 Å². The van der Waals surface area contributed by atoms with E-state index < -0.39 is 0 Å². The Balaban J connectivity index is 2.76. The topological polar surface area (TPSA) is 82.3 Å². The van der Waals surface area contributed by atoms with Crippen molar-refractivity contribution in [3.05, 3.63) is 39.4 Å². The van der Waals surface area contributed by atoms with Crippen LogP contribution in [0.4, 0.5) is 0 Å². The minimum atomic E-state index is -0.270. The average molecular weight is 307 g/mol. The largest absolute Gasteiger partial charge is 0.497 e. The molecule has 2 aromatic rings. The third kappa shape index (κ3) is 3.14. The van der Waals surface area contributed by atoms with E-state index in [4.69, 9.17) is 27.4 Å². The fraction of sp³-hybridized carbons (Fsp3) is 0.286. The average Bonchev–Trinajstić information content (AvgIpc) is 2.49. The van der Waals surface area contributed by atoms with Crippen LogP contribution in [0.25, 0.3) is 11.3 Å². The molecule has 0 aliphatic rings. The van der Waals surface area contributed by atoms with E-state index in [0.29, 0.717) is 35.1 Å². The fourth-order valence-electron chi connectivity index (χ4n) is 2.11. The molecule has 0 amide bonds. The van der Waals surface area contributed by atoms with Crippen LogP contribution in [0.1, 0.15) is 0 Å². The van der Waals surface area contributed by atoms with Crippen molar-refractivity contribution in [3.8, 4) is 22.8 Å². The monoisotopic (exact) mass is 307 g/mol. The van der Waals surface area contributed by atoms with E-state index >= 15 is 0 Å². The molecular formula is C14H17N3O3S. The van der Waals surface area contributed by atoms with Gasteiger partial charge in [0.25, 0.3) is 5.56 Å². The molecule has 0 fully saturated rings. The highest BCUT2D eigenvalue weighted by molar-refractivity contribution is 7.71. The second kappa shape index (κ2) is 6.55. The van der Waals surface area contributed by atoms with Gasteiger partial charge in [0.2, 0.25) is 0 Å². The maximum Gasteiger partial charge on any atom is 0.252 e. The van der Waals surface area contributed by atoms with Crippen molar-refractivity contribution in [2.24, 2.45) is 5.73 Å². The highest BCUT2D eigenvalue weighted by atomic mass is 32.1. The molecule has 3 N–H and O–H groups in total. The van der Waals surface area contributed by atoms with Crippen LogP contribution in [0.5, 0.6) is 11.5 Å². The summed E-state index contributed by atoms with van der Waals surface area (Å²) in [4.78, 5) is 14.4. The summed E-state index contributed by atoms with van der Waals surface area (Å²) >= 11 is 5.21. The number of hydrogen-bond donors (Lipinski definition) is 2. The van der Waals surface area contributed by atoms with E-state index in [1.165, 1.54) is 6.07 Å². The number of rotatable bonds is 5. The summed E-state index contributed by atoms with van der Waals surface area (Å²) in [7, 11) is 3.15. The van der Waals surface area contributed by atoms with E-state index in [-0.39, 0.29) is 5.56 Å². The fourth-order valence-corrected chi connectivity index (χ4v) is 2.40. The molecule has 112 valence electrons. The molecule has 0 saturated heterocycles. The van der Waals surface area contributed by atoms with E-state index in [9.17, 15) is 4.79 Å². The lowest BCUT2D eigenvalue weighted by atomic mass is 10.1. The van der Waals surface area contributed by atoms with Crippen LogP contribution >= 0.6 is 12.2 Å². The number of benzene rings is 1. The van der Waals surface area contributed by atoms with Gasteiger partial charge in [0.15, 0.2) is 4.77 Å². The SMILES string of the molecule is COc1ccc(OC)c(-c2cc(=O)[nH]c(=S)n2CCN)c1. The Bertz CT molecular complexity index is 752. The molecule has 0 aliphatic carbocycles. The molecule has 1 aromatic carbocycles. The van der Waals surface area contributed by atoms with Crippen molar-refractivity contribution >= 4 is 12.2 Å². The molecule has 1 aromatic heterocycles. The van der Waals surface area contributed by atoms with Crippen molar-refractivity contribution in [1.29, 1.82) is 0 Å². The normalized spacial score (nSPS) is 10.4. The van der Waals surface area contributed by atoms with Gasteiger partial charge in [0.1, 0.15) is 11.5 Å². The first-order valence-corrected chi connectivity index (χ1v) is 6.78. The number of nitrogens with zero attached hydrogens (tertiary/aromatic N) is 1. The van der Waals surface area contributed by atoms with Gasteiger partial charge in [0, 0.05) is 24.7 Å². The zero-order chi connectivity index (χ0) is 15.4. The van der Waals surface area contributed by atoms with Gasteiger partial charge in [0.05, 0.1) is 19.9 Å². The predicted molar refractivity (Wildman–Crippen MR) is 83.5 cm³/mol. The van der Waals surface area contributed by atoms with Crippen LogP contribution in [-0.4, -0.2) is 30.3 Å². The van der Waals surface area contributed by atoms with E-state index in [1.807, 2.05) is 0 Å². The van der Waals surface area contributed by atoms with Crippen LogP contribution in [0.3, 0.4) is 0 Å². The molecule has 0 saturated carbocycles. The molecule has 0 unspecified atom stereocenters. The van der Waals surface area contributed by atoms with Gasteiger partial charge in [-0.1, -0.05) is 0 Å². The number of nitrogens with one attached hydrogen (secondary N) is 1. The molecule has 0 radical (unpaired) electrons. The maximum atomic E-state index is 11.8. The van der Waals surface area contributed by atoms with E-state index in [2.05, 4.69) is 4.98 Å². The minimum Gasteiger partial charge on any atom is -0.497 e. The lowest BCUT2D eigenvalue weighted by molar-refractivity contribution is 0.404. The molecule has 1 heterocycles. The zero-order valence-corrected chi connectivity index (χ0v) is 12.7. The standard InChI is InChI=1S/C14H17N3O3S/c1-19-9-3-4-12(20-2)10(7-9)11-8-13(18)16-14(21)17(11)6-5-15/h3-4,7-8H,5-6,15H2,1-2H3,(H,16,18,21). The van der Waals surface area contributed by atoms with Crippen molar-refractivity contribution < 1.29 is 9.47 Å². The van der Waals surface area contributed by atoms with Gasteiger partial charge in [-0.3, -0.25) is 9.78 Å². The van der Waals surface area contributed by atoms with Crippen LogP contribution in [0, 0.1) is 4.77 Å². The summed E-state index contributed by atoms with van der Waals surface area (Å²) in [5, 5.41) is 0. The van der Waals surface area contributed by atoms with Gasteiger partial charge in [-0.25, -0.2) is 0 Å². The van der Waals surface area contributed by atoms with Crippen LogP contribution in [0.15, 0.2) is 29.1 Å². The summed E-state index contributed by atoms with van der Waals surface area (Å²) in [6, 6.07) is 6.85. The Morgan fingerprint density at radius 2 is 2.05 bits per heavy atom. The summed E-state index contributed by atoms with van der Waals surface area (Å²) in [6.45, 7) is 0.894. The number of methoxy groups -OCH3 is 2. The summed E-state index contributed by atoms with van der Waals surface area (Å²) in [6.07, 6.45) is 0. The van der Waals surface area contributed by atoms with Gasteiger partial charge >= 0.3 is 0 Å². The predicted octanol–water partition coefficient (Wildman–Crippen LogP) is 1.55. The third-order valence-electron chi connectivity index (χ3n) is 3.07. The number of aromatic nitrogens is 2. The van der Waals surface area contributed by atoms with Crippen molar-refractivity contribution in [3.63, 3.8) is 0 Å².